The Morgan fingerprint density at radius 2 is 1.72 bits per heavy atom. The van der Waals surface area contributed by atoms with Crippen molar-refractivity contribution < 1.29 is 14.3 Å². The molecule has 5 heteroatoms. The molecule has 0 radical (unpaired) electrons. The highest BCUT2D eigenvalue weighted by molar-refractivity contribution is 5.90. The first-order valence-electron chi connectivity index (χ1n) is 7.82. The van der Waals surface area contributed by atoms with Crippen molar-refractivity contribution >= 4 is 22.9 Å². The number of hydrazone groups is 1. The largest absolute Gasteiger partial charge is 0.497 e. The Morgan fingerprint density at radius 3 is 2.48 bits per heavy atom. The molecule has 5 nitrogen and oxygen atoms in total. The van der Waals surface area contributed by atoms with Crippen LogP contribution in [0.3, 0.4) is 0 Å². The molecular formula is C20H18N2O3. The predicted molar refractivity (Wildman–Crippen MR) is 98.2 cm³/mol. The Labute approximate surface area is 145 Å². The second kappa shape index (κ2) is 7.97. The molecule has 0 atom stereocenters. The van der Waals surface area contributed by atoms with Crippen LogP contribution in [0.5, 0.6) is 11.5 Å². The molecule has 0 saturated heterocycles. The van der Waals surface area contributed by atoms with Crippen molar-refractivity contribution in [1.82, 2.24) is 5.43 Å². The van der Waals surface area contributed by atoms with Gasteiger partial charge in [0.25, 0.3) is 5.91 Å². The summed E-state index contributed by atoms with van der Waals surface area (Å²) < 4.78 is 10.4. The van der Waals surface area contributed by atoms with Crippen molar-refractivity contribution in [2.24, 2.45) is 5.10 Å². The number of hydrogen-bond donors (Lipinski definition) is 1. The summed E-state index contributed by atoms with van der Waals surface area (Å²) in [7, 11) is 1.59. The van der Waals surface area contributed by atoms with Gasteiger partial charge in [0, 0.05) is 0 Å². The first-order valence-corrected chi connectivity index (χ1v) is 7.82. The molecule has 0 saturated carbocycles. The Hall–Kier alpha value is -3.34. The van der Waals surface area contributed by atoms with Gasteiger partial charge in [-0.25, -0.2) is 5.43 Å². The first kappa shape index (κ1) is 16.5. The summed E-state index contributed by atoms with van der Waals surface area (Å²) in [6, 6.07) is 21.1. The number of ether oxygens (including phenoxy) is 2. The Morgan fingerprint density at radius 1 is 1.00 bits per heavy atom. The minimum Gasteiger partial charge on any atom is -0.497 e. The zero-order chi connectivity index (χ0) is 17.5. The molecule has 0 bridgehead atoms. The standard InChI is InChI=1S/C20H18N2O3/c1-24-18-8-10-19(11-9-18)25-14-20(23)22-21-13-15-6-7-16-4-2-3-5-17(16)12-15/h2-13H,14H2,1H3,(H,22,23). The highest BCUT2D eigenvalue weighted by Crippen LogP contribution is 2.17. The van der Waals surface area contributed by atoms with Gasteiger partial charge >= 0.3 is 0 Å². The molecule has 3 aromatic rings. The van der Waals surface area contributed by atoms with E-state index in [0.29, 0.717) is 5.75 Å². The van der Waals surface area contributed by atoms with Crippen LogP contribution in [0.15, 0.2) is 71.8 Å². The highest BCUT2D eigenvalue weighted by Gasteiger charge is 2.02. The molecule has 0 heterocycles. The van der Waals surface area contributed by atoms with E-state index >= 15 is 0 Å². The van der Waals surface area contributed by atoms with Gasteiger partial charge in [0.2, 0.25) is 0 Å². The molecule has 0 aliphatic carbocycles. The Kier molecular flexibility index (Phi) is 5.26. The molecule has 3 aromatic carbocycles. The molecule has 1 N–H and O–H groups in total. The lowest BCUT2D eigenvalue weighted by atomic mass is 10.1. The van der Waals surface area contributed by atoms with Gasteiger partial charge in [-0.1, -0.05) is 36.4 Å². The van der Waals surface area contributed by atoms with E-state index in [9.17, 15) is 4.79 Å². The molecule has 0 unspecified atom stereocenters. The van der Waals surface area contributed by atoms with Crippen molar-refractivity contribution in [3.63, 3.8) is 0 Å². The van der Waals surface area contributed by atoms with Gasteiger partial charge in [0.1, 0.15) is 11.5 Å². The molecular weight excluding hydrogens is 316 g/mol. The fourth-order valence-corrected chi connectivity index (χ4v) is 2.32. The summed E-state index contributed by atoms with van der Waals surface area (Å²) in [5.74, 6) is 0.999. The SMILES string of the molecule is COc1ccc(OCC(=O)NN=Cc2ccc3ccccc3c2)cc1. The highest BCUT2D eigenvalue weighted by atomic mass is 16.5. The van der Waals surface area contributed by atoms with Crippen LogP contribution in [0.2, 0.25) is 0 Å². The summed E-state index contributed by atoms with van der Waals surface area (Å²) in [5.41, 5.74) is 3.36. The average Bonchev–Trinajstić information content (AvgIpc) is 2.66. The lowest BCUT2D eigenvalue weighted by Crippen LogP contribution is -2.24. The smallest absolute Gasteiger partial charge is 0.277 e. The van der Waals surface area contributed by atoms with Gasteiger partial charge in [0.15, 0.2) is 6.61 Å². The Bertz CT molecular complexity index is 889. The normalized spacial score (nSPS) is 10.8. The van der Waals surface area contributed by atoms with E-state index in [0.717, 1.165) is 22.1 Å². The molecule has 0 aliphatic heterocycles. The molecule has 1 amide bonds. The van der Waals surface area contributed by atoms with E-state index in [-0.39, 0.29) is 12.5 Å². The maximum absolute atomic E-state index is 11.8. The number of carbonyl (C=O) groups is 1. The van der Waals surface area contributed by atoms with Crippen LogP contribution in [0, 0.1) is 0 Å². The van der Waals surface area contributed by atoms with Crippen LogP contribution < -0.4 is 14.9 Å². The van der Waals surface area contributed by atoms with Crippen LogP contribution >= 0.6 is 0 Å². The van der Waals surface area contributed by atoms with E-state index in [1.807, 2.05) is 36.4 Å². The number of amides is 1. The van der Waals surface area contributed by atoms with E-state index in [4.69, 9.17) is 9.47 Å². The zero-order valence-electron chi connectivity index (χ0n) is 13.8. The van der Waals surface area contributed by atoms with Crippen LogP contribution in [0.1, 0.15) is 5.56 Å². The van der Waals surface area contributed by atoms with E-state index in [1.165, 1.54) is 0 Å². The molecule has 3 rings (SSSR count). The van der Waals surface area contributed by atoms with E-state index in [1.54, 1.807) is 37.6 Å². The summed E-state index contributed by atoms with van der Waals surface area (Å²) >= 11 is 0. The second-order valence-electron chi connectivity index (χ2n) is 5.36. The third-order valence-corrected chi connectivity index (χ3v) is 3.61. The second-order valence-corrected chi connectivity index (χ2v) is 5.36. The minimum atomic E-state index is -0.326. The topological polar surface area (TPSA) is 59.9 Å². The van der Waals surface area contributed by atoms with Gasteiger partial charge in [-0.2, -0.15) is 5.10 Å². The first-order chi connectivity index (χ1) is 12.2. The number of hydrogen-bond acceptors (Lipinski definition) is 4. The van der Waals surface area contributed by atoms with Crippen LogP contribution in [-0.4, -0.2) is 25.8 Å². The lowest BCUT2D eigenvalue weighted by Gasteiger charge is -2.06. The van der Waals surface area contributed by atoms with Crippen LogP contribution in [-0.2, 0) is 4.79 Å². The van der Waals surface area contributed by atoms with Gasteiger partial charge in [-0.05, 0) is 46.7 Å². The molecule has 0 aliphatic rings. The maximum atomic E-state index is 11.8. The summed E-state index contributed by atoms with van der Waals surface area (Å²) in [4.78, 5) is 11.8. The monoisotopic (exact) mass is 334 g/mol. The molecule has 0 spiro atoms. The van der Waals surface area contributed by atoms with Crippen molar-refractivity contribution in [2.45, 2.75) is 0 Å². The fourth-order valence-electron chi connectivity index (χ4n) is 2.32. The summed E-state index contributed by atoms with van der Waals surface area (Å²) in [6.07, 6.45) is 1.61. The third kappa shape index (κ3) is 4.57. The quantitative estimate of drug-likeness (QED) is 0.555. The number of fused-ring (bicyclic) bond motifs is 1. The number of carbonyl (C=O) groups excluding carboxylic acids is 1. The Balaban J connectivity index is 1.51. The number of nitrogens with one attached hydrogen (secondary N) is 1. The maximum Gasteiger partial charge on any atom is 0.277 e. The van der Waals surface area contributed by atoms with Crippen molar-refractivity contribution in [2.75, 3.05) is 13.7 Å². The van der Waals surface area contributed by atoms with Gasteiger partial charge in [-0.15, -0.1) is 0 Å². The predicted octanol–water partition coefficient (Wildman–Crippen LogP) is 3.38. The number of methoxy groups -OCH3 is 1. The van der Waals surface area contributed by atoms with Gasteiger partial charge in [-0.3, -0.25) is 4.79 Å². The fraction of sp³-hybridized carbons (Fsp3) is 0.100. The van der Waals surface area contributed by atoms with Crippen molar-refractivity contribution in [1.29, 1.82) is 0 Å². The summed E-state index contributed by atoms with van der Waals surface area (Å²) in [5, 5.41) is 6.25. The number of rotatable bonds is 6. The summed E-state index contributed by atoms with van der Waals surface area (Å²) in [6.45, 7) is -0.110. The molecule has 0 aromatic heterocycles. The van der Waals surface area contributed by atoms with Crippen LogP contribution in [0.25, 0.3) is 10.8 Å². The molecule has 126 valence electrons. The third-order valence-electron chi connectivity index (χ3n) is 3.61. The number of benzene rings is 3. The average molecular weight is 334 g/mol. The molecule has 0 fully saturated rings. The number of nitrogens with zero attached hydrogens (tertiary/aromatic N) is 1. The van der Waals surface area contributed by atoms with Crippen LogP contribution in [0.4, 0.5) is 0 Å². The molecule has 25 heavy (non-hydrogen) atoms. The van der Waals surface area contributed by atoms with Gasteiger partial charge in [0.05, 0.1) is 13.3 Å². The zero-order valence-corrected chi connectivity index (χ0v) is 13.8. The van der Waals surface area contributed by atoms with Crippen molar-refractivity contribution in [3.05, 3.63) is 72.3 Å². The van der Waals surface area contributed by atoms with Crippen molar-refractivity contribution in [3.8, 4) is 11.5 Å². The van der Waals surface area contributed by atoms with E-state index in [2.05, 4.69) is 16.6 Å². The van der Waals surface area contributed by atoms with Gasteiger partial charge < -0.3 is 9.47 Å². The van der Waals surface area contributed by atoms with E-state index < -0.39 is 0 Å². The minimum absolute atomic E-state index is 0.110. The lowest BCUT2D eigenvalue weighted by molar-refractivity contribution is -0.123.